The standard InChI is InChI=1S/C15H22N2O/c1-12-3-5-14(6-4-12)16-15(18)11-17-9-7-13(2)8-10-17/h3-6,13H,7-11H2,1-2H3,(H,16,18). The summed E-state index contributed by atoms with van der Waals surface area (Å²) in [4.78, 5) is 14.1. The third-order valence-electron chi connectivity index (χ3n) is 3.58. The molecule has 1 saturated heterocycles. The summed E-state index contributed by atoms with van der Waals surface area (Å²) in [6, 6.07) is 7.92. The van der Waals surface area contributed by atoms with Gasteiger partial charge in [-0.05, 0) is 50.9 Å². The van der Waals surface area contributed by atoms with Crippen LogP contribution in [0.5, 0.6) is 0 Å². The van der Waals surface area contributed by atoms with E-state index in [1.807, 2.05) is 31.2 Å². The molecule has 0 bridgehead atoms. The van der Waals surface area contributed by atoms with Gasteiger partial charge < -0.3 is 5.32 Å². The summed E-state index contributed by atoms with van der Waals surface area (Å²) in [5.41, 5.74) is 2.09. The highest BCUT2D eigenvalue weighted by Crippen LogP contribution is 2.15. The molecule has 18 heavy (non-hydrogen) atoms. The maximum absolute atomic E-state index is 11.9. The molecule has 1 amide bonds. The van der Waals surface area contributed by atoms with E-state index >= 15 is 0 Å². The first-order valence-electron chi connectivity index (χ1n) is 6.72. The van der Waals surface area contributed by atoms with Gasteiger partial charge in [-0.3, -0.25) is 9.69 Å². The maximum Gasteiger partial charge on any atom is 0.238 e. The number of nitrogens with zero attached hydrogens (tertiary/aromatic N) is 1. The lowest BCUT2D eigenvalue weighted by Gasteiger charge is -2.29. The first-order chi connectivity index (χ1) is 8.63. The fourth-order valence-corrected chi connectivity index (χ4v) is 2.26. The predicted molar refractivity (Wildman–Crippen MR) is 74.6 cm³/mol. The molecule has 1 aromatic rings. The Labute approximate surface area is 109 Å². The van der Waals surface area contributed by atoms with E-state index < -0.39 is 0 Å². The van der Waals surface area contributed by atoms with E-state index in [-0.39, 0.29) is 5.91 Å². The zero-order valence-corrected chi connectivity index (χ0v) is 11.3. The van der Waals surface area contributed by atoms with Crippen LogP contribution in [-0.2, 0) is 4.79 Å². The largest absolute Gasteiger partial charge is 0.325 e. The Hall–Kier alpha value is -1.35. The molecule has 1 aliphatic rings. The number of hydrogen-bond acceptors (Lipinski definition) is 2. The Balaban J connectivity index is 1.80. The zero-order chi connectivity index (χ0) is 13.0. The molecule has 1 fully saturated rings. The van der Waals surface area contributed by atoms with Crippen LogP contribution in [0.15, 0.2) is 24.3 Å². The second-order valence-corrected chi connectivity index (χ2v) is 5.37. The Morgan fingerprint density at radius 1 is 1.28 bits per heavy atom. The lowest BCUT2D eigenvalue weighted by Crippen LogP contribution is -2.38. The molecule has 0 radical (unpaired) electrons. The lowest BCUT2D eigenvalue weighted by atomic mass is 9.99. The van der Waals surface area contributed by atoms with Crippen LogP contribution >= 0.6 is 0 Å². The minimum Gasteiger partial charge on any atom is -0.325 e. The highest BCUT2D eigenvalue weighted by Gasteiger charge is 2.17. The normalized spacial score (nSPS) is 17.7. The van der Waals surface area contributed by atoms with Gasteiger partial charge >= 0.3 is 0 Å². The Morgan fingerprint density at radius 2 is 1.89 bits per heavy atom. The average Bonchev–Trinajstić information content (AvgIpc) is 2.35. The summed E-state index contributed by atoms with van der Waals surface area (Å²) in [7, 11) is 0. The van der Waals surface area contributed by atoms with Crippen LogP contribution in [0.1, 0.15) is 25.3 Å². The van der Waals surface area contributed by atoms with Crippen molar-refractivity contribution in [1.82, 2.24) is 4.90 Å². The zero-order valence-electron chi connectivity index (χ0n) is 11.3. The molecule has 1 aliphatic heterocycles. The fraction of sp³-hybridized carbons (Fsp3) is 0.533. The van der Waals surface area contributed by atoms with E-state index in [9.17, 15) is 4.79 Å². The summed E-state index contributed by atoms with van der Waals surface area (Å²) >= 11 is 0. The fourth-order valence-electron chi connectivity index (χ4n) is 2.26. The Bertz CT molecular complexity index is 391. The van der Waals surface area contributed by atoms with Crippen molar-refractivity contribution < 1.29 is 4.79 Å². The summed E-state index contributed by atoms with van der Waals surface area (Å²) in [6.07, 6.45) is 2.41. The Kier molecular flexibility index (Phi) is 4.37. The van der Waals surface area contributed by atoms with Gasteiger partial charge in [0.15, 0.2) is 0 Å². The Morgan fingerprint density at radius 3 is 2.50 bits per heavy atom. The van der Waals surface area contributed by atoms with E-state index in [1.165, 1.54) is 18.4 Å². The number of carbonyl (C=O) groups excluding carboxylic acids is 1. The van der Waals surface area contributed by atoms with Crippen molar-refractivity contribution in [3.63, 3.8) is 0 Å². The van der Waals surface area contributed by atoms with Crippen molar-refractivity contribution in [1.29, 1.82) is 0 Å². The van der Waals surface area contributed by atoms with Crippen LogP contribution in [-0.4, -0.2) is 30.4 Å². The summed E-state index contributed by atoms with van der Waals surface area (Å²) in [5.74, 6) is 0.898. The van der Waals surface area contributed by atoms with Gasteiger partial charge in [0.1, 0.15) is 0 Å². The van der Waals surface area contributed by atoms with E-state index in [1.54, 1.807) is 0 Å². The average molecular weight is 246 g/mol. The van der Waals surface area contributed by atoms with Gasteiger partial charge in [-0.1, -0.05) is 24.6 Å². The van der Waals surface area contributed by atoms with Gasteiger partial charge in [-0.2, -0.15) is 0 Å². The van der Waals surface area contributed by atoms with E-state index in [4.69, 9.17) is 0 Å². The summed E-state index contributed by atoms with van der Waals surface area (Å²) < 4.78 is 0. The number of carbonyl (C=O) groups is 1. The molecule has 1 aromatic carbocycles. The molecule has 0 atom stereocenters. The topological polar surface area (TPSA) is 32.3 Å². The molecule has 3 heteroatoms. The van der Waals surface area contributed by atoms with Crippen molar-refractivity contribution in [3.05, 3.63) is 29.8 Å². The van der Waals surface area contributed by atoms with E-state index in [0.29, 0.717) is 6.54 Å². The minimum absolute atomic E-state index is 0.0911. The first kappa shape index (κ1) is 13.1. The van der Waals surface area contributed by atoms with E-state index in [2.05, 4.69) is 17.1 Å². The van der Waals surface area contributed by atoms with Crippen molar-refractivity contribution in [2.45, 2.75) is 26.7 Å². The molecule has 0 aromatic heterocycles. The molecule has 0 spiro atoms. The molecule has 1 heterocycles. The van der Waals surface area contributed by atoms with Crippen molar-refractivity contribution >= 4 is 11.6 Å². The van der Waals surface area contributed by atoms with Crippen LogP contribution in [0.3, 0.4) is 0 Å². The van der Waals surface area contributed by atoms with Gasteiger partial charge in [0, 0.05) is 5.69 Å². The van der Waals surface area contributed by atoms with Crippen molar-refractivity contribution in [2.75, 3.05) is 25.0 Å². The third-order valence-corrected chi connectivity index (χ3v) is 3.58. The van der Waals surface area contributed by atoms with Crippen molar-refractivity contribution in [3.8, 4) is 0 Å². The quantitative estimate of drug-likeness (QED) is 0.889. The molecule has 3 nitrogen and oxygen atoms in total. The number of amides is 1. The summed E-state index contributed by atoms with van der Waals surface area (Å²) in [6.45, 7) is 6.93. The molecular formula is C15H22N2O. The van der Waals surface area contributed by atoms with Crippen LogP contribution in [0, 0.1) is 12.8 Å². The molecule has 0 aliphatic carbocycles. The molecule has 0 unspecified atom stereocenters. The smallest absolute Gasteiger partial charge is 0.238 e. The third kappa shape index (κ3) is 3.84. The molecular weight excluding hydrogens is 224 g/mol. The number of likely N-dealkylation sites (tertiary alicyclic amines) is 1. The molecule has 1 N–H and O–H groups in total. The second-order valence-electron chi connectivity index (χ2n) is 5.37. The predicted octanol–water partition coefficient (Wildman–Crippen LogP) is 2.67. The van der Waals surface area contributed by atoms with Crippen molar-refractivity contribution in [2.24, 2.45) is 5.92 Å². The van der Waals surface area contributed by atoms with Crippen LogP contribution in [0.4, 0.5) is 5.69 Å². The number of benzene rings is 1. The number of aryl methyl sites for hydroxylation is 1. The first-order valence-corrected chi connectivity index (χ1v) is 6.72. The highest BCUT2D eigenvalue weighted by molar-refractivity contribution is 5.92. The van der Waals surface area contributed by atoms with Gasteiger partial charge in [0.05, 0.1) is 6.54 Å². The number of piperidine rings is 1. The highest BCUT2D eigenvalue weighted by atomic mass is 16.2. The lowest BCUT2D eigenvalue weighted by molar-refractivity contribution is -0.117. The van der Waals surface area contributed by atoms with Crippen LogP contribution in [0.2, 0.25) is 0 Å². The number of rotatable bonds is 3. The van der Waals surface area contributed by atoms with Crippen LogP contribution in [0.25, 0.3) is 0 Å². The van der Waals surface area contributed by atoms with Gasteiger partial charge in [0.25, 0.3) is 0 Å². The van der Waals surface area contributed by atoms with Gasteiger partial charge in [-0.25, -0.2) is 0 Å². The SMILES string of the molecule is Cc1ccc(NC(=O)CN2CCC(C)CC2)cc1. The number of hydrogen-bond donors (Lipinski definition) is 1. The van der Waals surface area contributed by atoms with Gasteiger partial charge in [-0.15, -0.1) is 0 Å². The second kappa shape index (κ2) is 6.01. The van der Waals surface area contributed by atoms with Crippen LogP contribution < -0.4 is 5.32 Å². The number of nitrogens with one attached hydrogen (secondary N) is 1. The van der Waals surface area contributed by atoms with Gasteiger partial charge in [0.2, 0.25) is 5.91 Å². The molecule has 98 valence electrons. The summed E-state index contributed by atoms with van der Waals surface area (Å²) in [5, 5.41) is 2.95. The maximum atomic E-state index is 11.9. The monoisotopic (exact) mass is 246 g/mol. The molecule has 0 saturated carbocycles. The molecule has 2 rings (SSSR count). The van der Waals surface area contributed by atoms with E-state index in [0.717, 1.165) is 24.7 Å². The minimum atomic E-state index is 0.0911. The number of anilines is 1.